The van der Waals surface area contributed by atoms with Gasteiger partial charge in [-0.2, -0.15) is 0 Å². The topological polar surface area (TPSA) is 38.5 Å². The molecule has 0 atom stereocenters. The van der Waals surface area contributed by atoms with Gasteiger partial charge in [0.25, 0.3) is 0 Å². The van der Waals surface area contributed by atoms with Crippen LogP contribution in [0.4, 0.5) is 5.69 Å². The summed E-state index contributed by atoms with van der Waals surface area (Å²) in [6.07, 6.45) is 0.996. The fourth-order valence-electron chi connectivity index (χ4n) is 1.88. The molecule has 0 saturated carbocycles. The first-order valence-electron chi connectivity index (χ1n) is 6.44. The SMILES string of the molecule is CN(CCCOc1ccccc1N)Cc1cccs1. The van der Waals surface area contributed by atoms with E-state index in [4.69, 9.17) is 10.5 Å². The average Bonchev–Trinajstić information content (AvgIpc) is 2.89. The molecule has 0 saturated heterocycles. The highest BCUT2D eigenvalue weighted by atomic mass is 32.1. The molecule has 0 spiro atoms. The van der Waals surface area contributed by atoms with E-state index in [1.807, 2.05) is 24.3 Å². The lowest BCUT2D eigenvalue weighted by atomic mass is 10.3. The number of para-hydroxylation sites is 2. The van der Waals surface area contributed by atoms with Crippen molar-refractivity contribution in [3.8, 4) is 5.75 Å². The molecule has 0 unspecified atom stereocenters. The van der Waals surface area contributed by atoms with Gasteiger partial charge >= 0.3 is 0 Å². The van der Waals surface area contributed by atoms with Gasteiger partial charge in [0, 0.05) is 18.0 Å². The van der Waals surface area contributed by atoms with Gasteiger partial charge in [-0.25, -0.2) is 0 Å². The highest BCUT2D eigenvalue weighted by molar-refractivity contribution is 7.09. The van der Waals surface area contributed by atoms with Gasteiger partial charge < -0.3 is 15.4 Å². The summed E-state index contributed by atoms with van der Waals surface area (Å²) in [6.45, 7) is 2.72. The van der Waals surface area contributed by atoms with Crippen LogP contribution < -0.4 is 10.5 Å². The van der Waals surface area contributed by atoms with Gasteiger partial charge in [-0.3, -0.25) is 0 Å². The van der Waals surface area contributed by atoms with Crippen LogP contribution in [0.15, 0.2) is 41.8 Å². The van der Waals surface area contributed by atoms with Crippen LogP contribution in [-0.2, 0) is 6.54 Å². The summed E-state index contributed by atoms with van der Waals surface area (Å²) in [4.78, 5) is 3.71. The maximum absolute atomic E-state index is 5.82. The van der Waals surface area contributed by atoms with Crippen molar-refractivity contribution in [1.29, 1.82) is 0 Å². The van der Waals surface area contributed by atoms with Gasteiger partial charge in [0.2, 0.25) is 0 Å². The summed E-state index contributed by atoms with van der Waals surface area (Å²) in [6, 6.07) is 11.9. The lowest BCUT2D eigenvalue weighted by Gasteiger charge is -2.16. The minimum atomic E-state index is 0.697. The van der Waals surface area contributed by atoms with Crippen LogP contribution in [0.3, 0.4) is 0 Å². The molecule has 0 amide bonds. The fraction of sp³-hybridized carbons (Fsp3) is 0.333. The van der Waals surface area contributed by atoms with Crippen molar-refractivity contribution in [2.75, 3.05) is 25.9 Å². The second-order valence-corrected chi connectivity index (χ2v) is 5.59. The van der Waals surface area contributed by atoms with E-state index in [9.17, 15) is 0 Å². The highest BCUT2D eigenvalue weighted by Gasteiger charge is 2.02. The second kappa shape index (κ2) is 7.16. The predicted molar refractivity (Wildman–Crippen MR) is 81.6 cm³/mol. The first-order valence-corrected chi connectivity index (χ1v) is 7.32. The first kappa shape index (κ1) is 13.9. The number of ether oxygens (including phenoxy) is 1. The largest absolute Gasteiger partial charge is 0.491 e. The summed E-state index contributed by atoms with van der Waals surface area (Å²) in [7, 11) is 2.14. The zero-order valence-electron chi connectivity index (χ0n) is 11.2. The molecule has 0 aliphatic rings. The van der Waals surface area contributed by atoms with Crippen molar-refractivity contribution < 1.29 is 4.74 Å². The van der Waals surface area contributed by atoms with Gasteiger partial charge in [0.05, 0.1) is 12.3 Å². The second-order valence-electron chi connectivity index (χ2n) is 4.56. The fourth-order valence-corrected chi connectivity index (χ4v) is 2.66. The van der Waals surface area contributed by atoms with Crippen LogP contribution in [0, 0.1) is 0 Å². The maximum Gasteiger partial charge on any atom is 0.142 e. The molecule has 0 radical (unpaired) electrons. The number of nitrogens with zero attached hydrogens (tertiary/aromatic N) is 1. The van der Waals surface area contributed by atoms with Crippen LogP contribution in [0.5, 0.6) is 5.75 Å². The Hall–Kier alpha value is -1.52. The van der Waals surface area contributed by atoms with Crippen LogP contribution in [0.1, 0.15) is 11.3 Å². The number of hydrogen-bond donors (Lipinski definition) is 1. The van der Waals surface area contributed by atoms with E-state index in [1.54, 1.807) is 11.3 Å². The predicted octanol–water partition coefficient (Wildman–Crippen LogP) is 3.23. The van der Waals surface area contributed by atoms with E-state index in [1.165, 1.54) is 4.88 Å². The molecule has 0 fully saturated rings. The zero-order valence-corrected chi connectivity index (χ0v) is 12.0. The number of benzene rings is 1. The molecule has 2 rings (SSSR count). The molecule has 2 N–H and O–H groups in total. The van der Waals surface area contributed by atoms with Crippen molar-refractivity contribution in [3.05, 3.63) is 46.7 Å². The van der Waals surface area contributed by atoms with E-state index in [2.05, 4.69) is 29.5 Å². The minimum Gasteiger partial charge on any atom is -0.491 e. The van der Waals surface area contributed by atoms with Gasteiger partial charge in [0.15, 0.2) is 0 Å². The lowest BCUT2D eigenvalue weighted by Crippen LogP contribution is -2.20. The Bertz CT molecular complexity index is 485. The molecule has 0 aliphatic carbocycles. The van der Waals surface area contributed by atoms with E-state index >= 15 is 0 Å². The summed E-state index contributed by atoms with van der Waals surface area (Å²) in [5.74, 6) is 0.781. The molecular weight excluding hydrogens is 256 g/mol. The van der Waals surface area contributed by atoms with Crippen LogP contribution >= 0.6 is 11.3 Å². The number of anilines is 1. The summed E-state index contributed by atoms with van der Waals surface area (Å²) in [5.41, 5.74) is 6.52. The van der Waals surface area contributed by atoms with Crippen LogP contribution in [0.25, 0.3) is 0 Å². The van der Waals surface area contributed by atoms with Crippen LogP contribution in [-0.4, -0.2) is 25.1 Å². The molecule has 102 valence electrons. The van der Waals surface area contributed by atoms with E-state index in [0.29, 0.717) is 12.3 Å². The van der Waals surface area contributed by atoms with Gasteiger partial charge in [-0.1, -0.05) is 18.2 Å². The van der Waals surface area contributed by atoms with Crippen molar-refractivity contribution in [2.45, 2.75) is 13.0 Å². The number of nitrogens with two attached hydrogens (primary N) is 1. The normalized spacial score (nSPS) is 10.8. The van der Waals surface area contributed by atoms with Gasteiger partial charge in [-0.05, 0) is 37.0 Å². The van der Waals surface area contributed by atoms with Crippen molar-refractivity contribution in [3.63, 3.8) is 0 Å². The molecule has 1 aromatic heterocycles. The quantitative estimate of drug-likeness (QED) is 0.623. The molecule has 0 aliphatic heterocycles. The minimum absolute atomic E-state index is 0.697. The first-order chi connectivity index (χ1) is 9.25. The standard InChI is InChI=1S/C15H20N2OS/c1-17(12-13-6-4-11-19-13)9-5-10-18-15-8-3-2-7-14(15)16/h2-4,6-8,11H,5,9-10,12,16H2,1H3. The van der Waals surface area contributed by atoms with Crippen LogP contribution in [0.2, 0.25) is 0 Å². The smallest absolute Gasteiger partial charge is 0.142 e. The Morgan fingerprint density at radius 1 is 1.21 bits per heavy atom. The molecule has 2 aromatic rings. The zero-order chi connectivity index (χ0) is 13.5. The van der Waals surface area contributed by atoms with E-state index < -0.39 is 0 Å². The Morgan fingerprint density at radius 3 is 2.79 bits per heavy atom. The third-order valence-corrected chi connectivity index (χ3v) is 3.73. The molecular formula is C15H20N2OS. The number of hydrogen-bond acceptors (Lipinski definition) is 4. The monoisotopic (exact) mass is 276 g/mol. The Morgan fingerprint density at radius 2 is 2.05 bits per heavy atom. The maximum atomic E-state index is 5.82. The summed E-state index contributed by atoms with van der Waals surface area (Å²) < 4.78 is 5.67. The molecule has 1 heterocycles. The summed E-state index contributed by atoms with van der Waals surface area (Å²) >= 11 is 1.80. The highest BCUT2D eigenvalue weighted by Crippen LogP contribution is 2.19. The molecule has 1 aromatic carbocycles. The Balaban J connectivity index is 1.65. The van der Waals surface area contributed by atoms with Crippen molar-refractivity contribution in [1.82, 2.24) is 4.90 Å². The number of nitrogen functional groups attached to an aromatic ring is 1. The average molecular weight is 276 g/mol. The molecule has 19 heavy (non-hydrogen) atoms. The van der Waals surface area contributed by atoms with E-state index in [0.717, 1.165) is 25.3 Å². The molecule has 4 heteroatoms. The van der Waals surface area contributed by atoms with Crippen molar-refractivity contribution >= 4 is 17.0 Å². The molecule has 0 bridgehead atoms. The number of rotatable bonds is 7. The number of thiophene rings is 1. The van der Waals surface area contributed by atoms with E-state index in [-0.39, 0.29) is 0 Å². The molecule has 3 nitrogen and oxygen atoms in total. The van der Waals surface area contributed by atoms with Crippen molar-refractivity contribution in [2.24, 2.45) is 0 Å². The third kappa shape index (κ3) is 4.58. The van der Waals surface area contributed by atoms with Gasteiger partial charge in [0.1, 0.15) is 5.75 Å². The van der Waals surface area contributed by atoms with Gasteiger partial charge in [-0.15, -0.1) is 11.3 Å². The lowest BCUT2D eigenvalue weighted by molar-refractivity contribution is 0.260. The Kier molecular flexibility index (Phi) is 5.24. The summed E-state index contributed by atoms with van der Waals surface area (Å²) in [5, 5.41) is 2.12. The Labute approximate surface area is 118 Å². The third-order valence-electron chi connectivity index (χ3n) is 2.87.